The Labute approximate surface area is 118 Å². The summed E-state index contributed by atoms with van der Waals surface area (Å²) in [6, 6.07) is 9.53. The number of hydrogen-bond donors (Lipinski definition) is 2. The maximum atomic E-state index is 3.69. The third kappa shape index (κ3) is 4.32. The highest BCUT2D eigenvalue weighted by Crippen LogP contribution is 2.30. The molecule has 0 saturated carbocycles. The van der Waals surface area contributed by atoms with Gasteiger partial charge in [-0.1, -0.05) is 31.2 Å². The van der Waals surface area contributed by atoms with Crippen molar-refractivity contribution in [3.05, 3.63) is 35.4 Å². The standard InChI is InChI=1S/C17H28N2/c1-3-11-18-12-14(2)19-13-16-9-6-8-15-7-4-5-10-17(15)16/h4-5,7,10,14,16,18-19H,3,6,8-9,11-13H2,1-2H3. The van der Waals surface area contributed by atoms with Crippen LogP contribution in [0.3, 0.4) is 0 Å². The van der Waals surface area contributed by atoms with Gasteiger partial charge in [0, 0.05) is 19.1 Å². The zero-order chi connectivity index (χ0) is 13.5. The topological polar surface area (TPSA) is 24.1 Å². The fraction of sp³-hybridized carbons (Fsp3) is 0.647. The van der Waals surface area contributed by atoms with Crippen LogP contribution in [0, 0.1) is 0 Å². The zero-order valence-corrected chi connectivity index (χ0v) is 12.4. The van der Waals surface area contributed by atoms with E-state index in [9.17, 15) is 0 Å². The minimum absolute atomic E-state index is 0.556. The van der Waals surface area contributed by atoms with Crippen LogP contribution in [0.4, 0.5) is 0 Å². The fourth-order valence-electron chi connectivity index (χ4n) is 2.98. The van der Waals surface area contributed by atoms with Gasteiger partial charge in [-0.3, -0.25) is 0 Å². The van der Waals surface area contributed by atoms with E-state index in [2.05, 4.69) is 48.7 Å². The molecule has 2 rings (SSSR count). The first-order valence-electron chi connectivity index (χ1n) is 7.83. The van der Waals surface area contributed by atoms with Crippen molar-refractivity contribution in [2.45, 2.75) is 51.5 Å². The van der Waals surface area contributed by atoms with E-state index in [4.69, 9.17) is 0 Å². The molecule has 2 unspecified atom stereocenters. The molecule has 2 atom stereocenters. The lowest BCUT2D eigenvalue weighted by atomic mass is 9.83. The molecule has 2 nitrogen and oxygen atoms in total. The molecule has 2 N–H and O–H groups in total. The van der Waals surface area contributed by atoms with Crippen molar-refractivity contribution in [1.29, 1.82) is 0 Å². The first kappa shape index (κ1) is 14.5. The normalized spacial score (nSPS) is 20.0. The molecule has 0 spiro atoms. The molecule has 0 radical (unpaired) electrons. The van der Waals surface area contributed by atoms with Gasteiger partial charge in [-0.05, 0) is 56.2 Å². The largest absolute Gasteiger partial charge is 0.315 e. The van der Waals surface area contributed by atoms with E-state index in [0.717, 1.165) is 19.6 Å². The van der Waals surface area contributed by atoms with E-state index in [1.807, 2.05) is 0 Å². The van der Waals surface area contributed by atoms with Crippen molar-refractivity contribution in [3.8, 4) is 0 Å². The first-order chi connectivity index (χ1) is 9.31. The molecule has 19 heavy (non-hydrogen) atoms. The minimum Gasteiger partial charge on any atom is -0.315 e. The summed E-state index contributed by atoms with van der Waals surface area (Å²) in [4.78, 5) is 0. The second-order valence-corrected chi connectivity index (χ2v) is 5.80. The third-order valence-electron chi connectivity index (χ3n) is 4.08. The summed E-state index contributed by atoms with van der Waals surface area (Å²) in [5, 5.41) is 7.17. The van der Waals surface area contributed by atoms with E-state index < -0.39 is 0 Å². The zero-order valence-electron chi connectivity index (χ0n) is 12.4. The van der Waals surface area contributed by atoms with Gasteiger partial charge in [-0.15, -0.1) is 0 Å². The molecule has 1 aromatic rings. The summed E-state index contributed by atoms with van der Waals surface area (Å²) in [5.41, 5.74) is 3.15. The van der Waals surface area contributed by atoms with Crippen molar-refractivity contribution in [3.63, 3.8) is 0 Å². The molecular weight excluding hydrogens is 232 g/mol. The van der Waals surface area contributed by atoms with Crippen molar-refractivity contribution >= 4 is 0 Å². The molecule has 0 aromatic heterocycles. The Balaban J connectivity index is 1.80. The summed E-state index contributed by atoms with van der Waals surface area (Å²) < 4.78 is 0. The monoisotopic (exact) mass is 260 g/mol. The lowest BCUT2D eigenvalue weighted by molar-refractivity contribution is 0.448. The maximum absolute atomic E-state index is 3.69. The van der Waals surface area contributed by atoms with Crippen LogP contribution in [0.5, 0.6) is 0 Å². The first-order valence-corrected chi connectivity index (χ1v) is 7.83. The highest BCUT2D eigenvalue weighted by Gasteiger charge is 2.19. The number of benzene rings is 1. The molecule has 2 heteroatoms. The van der Waals surface area contributed by atoms with E-state index in [0.29, 0.717) is 12.0 Å². The predicted molar refractivity (Wildman–Crippen MR) is 82.7 cm³/mol. The maximum Gasteiger partial charge on any atom is 0.0164 e. The van der Waals surface area contributed by atoms with Gasteiger partial charge in [0.15, 0.2) is 0 Å². The summed E-state index contributed by atoms with van der Waals surface area (Å²) in [6.45, 7) is 7.80. The SMILES string of the molecule is CCCNCC(C)NCC1CCCc2ccccc21. The van der Waals surface area contributed by atoms with Crippen LogP contribution in [0.15, 0.2) is 24.3 Å². The van der Waals surface area contributed by atoms with Gasteiger partial charge < -0.3 is 10.6 Å². The molecule has 1 aromatic carbocycles. The van der Waals surface area contributed by atoms with Gasteiger partial charge in [-0.2, -0.15) is 0 Å². The Bertz CT molecular complexity index is 375. The van der Waals surface area contributed by atoms with Gasteiger partial charge in [0.25, 0.3) is 0 Å². The number of rotatable bonds is 7. The van der Waals surface area contributed by atoms with Crippen LogP contribution in [-0.4, -0.2) is 25.7 Å². The summed E-state index contributed by atoms with van der Waals surface area (Å²) in [5.74, 6) is 0.707. The number of nitrogens with one attached hydrogen (secondary N) is 2. The Morgan fingerprint density at radius 1 is 1.32 bits per heavy atom. The minimum atomic E-state index is 0.556. The van der Waals surface area contributed by atoms with Crippen LogP contribution in [0.2, 0.25) is 0 Å². The van der Waals surface area contributed by atoms with Crippen LogP contribution in [-0.2, 0) is 6.42 Å². The third-order valence-corrected chi connectivity index (χ3v) is 4.08. The second kappa shape index (κ2) is 7.66. The van der Waals surface area contributed by atoms with Crippen LogP contribution < -0.4 is 10.6 Å². The molecule has 0 fully saturated rings. The molecule has 106 valence electrons. The highest BCUT2D eigenvalue weighted by atomic mass is 15.0. The molecule has 1 aliphatic carbocycles. The van der Waals surface area contributed by atoms with E-state index in [1.165, 1.54) is 25.7 Å². The molecular formula is C17H28N2. The average Bonchev–Trinajstić information content (AvgIpc) is 2.45. The Hall–Kier alpha value is -0.860. The number of hydrogen-bond acceptors (Lipinski definition) is 2. The fourth-order valence-corrected chi connectivity index (χ4v) is 2.98. The van der Waals surface area contributed by atoms with Crippen molar-refractivity contribution in [2.75, 3.05) is 19.6 Å². The van der Waals surface area contributed by atoms with E-state index in [-0.39, 0.29) is 0 Å². The molecule has 0 amide bonds. The smallest absolute Gasteiger partial charge is 0.0164 e. The van der Waals surface area contributed by atoms with Crippen LogP contribution in [0.25, 0.3) is 0 Å². The molecule has 0 bridgehead atoms. The number of fused-ring (bicyclic) bond motifs is 1. The van der Waals surface area contributed by atoms with Crippen molar-refractivity contribution in [1.82, 2.24) is 10.6 Å². The van der Waals surface area contributed by atoms with Crippen LogP contribution >= 0.6 is 0 Å². The molecule has 0 heterocycles. The quantitative estimate of drug-likeness (QED) is 0.736. The summed E-state index contributed by atoms with van der Waals surface area (Å²) in [7, 11) is 0. The molecule has 0 aliphatic heterocycles. The summed E-state index contributed by atoms with van der Waals surface area (Å²) >= 11 is 0. The highest BCUT2D eigenvalue weighted by molar-refractivity contribution is 5.32. The Morgan fingerprint density at radius 3 is 3.00 bits per heavy atom. The molecule has 1 aliphatic rings. The lowest BCUT2D eigenvalue weighted by Crippen LogP contribution is -2.39. The predicted octanol–water partition coefficient (Wildman–Crippen LogP) is 3.08. The van der Waals surface area contributed by atoms with Gasteiger partial charge in [0.2, 0.25) is 0 Å². The van der Waals surface area contributed by atoms with Gasteiger partial charge in [0.1, 0.15) is 0 Å². The van der Waals surface area contributed by atoms with E-state index >= 15 is 0 Å². The number of aryl methyl sites for hydroxylation is 1. The molecule has 0 saturated heterocycles. The van der Waals surface area contributed by atoms with Crippen LogP contribution in [0.1, 0.15) is 50.2 Å². The Kier molecular flexibility index (Phi) is 5.87. The van der Waals surface area contributed by atoms with Crippen molar-refractivity contribution < 1.29 is 0 Å². The van der Waals surface area contributed by atoms with Gasteiger partial charge >= 0.3 is 0 Å². The Morgan fingerprint density at radius 2 is 2.16 bits per heavy atom. The summed E-state index contributed by atoms with van der Waals surface area (Å²) in [6.07, 6.45) is 5.15. The van der Waals surface area contributed by atoms with Gasteiger partial charge in [-0.25, -0.2) is 0 Å². The van der Waals surface area contributed by atoms with E-state index in [1.54, 1.807) is 11.1 Å². The lowest BCUT2D eigenvalue weighted by Gasteiger charge is -2.27. The van der Waals surface area contributed by atoms with Gasteiger partial charge in [0.05, 0.1) is 0 Å². The average molecular weight is 260 g/mol. The second-order valence-electron chi connectivity index (χ2n) is 5.80. The van der Waals surface area contributed by atoms with Crippen molar-refractivity contribution in [2.24, 2.45) is 0 Å².